The van der Waals surface area contributed by atoms with E-state index in [2.05, 4.69) is 15.2 Å². The Labute approximate surface area is 136 Å². The third kappa shape index (κ3) is 2.84. The van der Waals surface area contributed by atoms with Crippen LogP contribution in [0.3, 0.4) is 0 Å². The predicted octanol–water partition coefficient (Wildman–Crippen LogP) is -0.219. The predicted molar refractivity (Wildman–Crippen MR) is 87.0 cm³/mol. The van der Waals surface area contributed by atoms with Gasteiger partial charge in [-0.1, -0.05) is 0 Å². The van der Waals surface area contributed by atoms with E-state index in [9.17, 15) is 14.4 Å². The van der Waals surface area contributed by atoms with Crippen molar-refractivity contribution in [2.45, 2.75) is 13.0 Å². The van der Waals surface area contributed by atoms with Crippen molar-refractivity contribution in [3.05, 3.63) is 43.2 Å². The van der Waals surface area contributed by atoms with Crippen LogP contribution in [0.4, 0.5) is 5.13 Å². The zero-order valence-electron chi connectivity index (χ0n) is 13.1. The van der Waals surface area contributed by atoms with Crippen LogP contribution in [0.5, 0.6) is 0 Å². The first-order valence-corrected chi connectivity index (χ1v) is 7.93. The zero-order valence-corrected chi connectivity index (χ0v) is 13.9. The van der Waals surface area contributed by atoms with Crippen LogP contribution in [0, 0.1) is 0 Å². The molecule has 0 saturated heterocycles. The number of anilines is 1. The molecule has 2 aromatic heterocycles. The van der Waals surface area contributed by atoms with Crippen molar-refractivity contribution in [1.29, 1.82) is 0 Å². The highest BCUT2D eigenvalue weighted by Crippen LogP contribution is 2.27. The molecule has 0 bridgehead atoms. The molecule has 0 saturated carbocycles. The van der Waals surface area contributed by atoms with Crippen LogP contribution >= 0.6 is 11.3 Å². The molecule has 1 aliphatic heterocycles. The second-order valence-corrected chi connectivity index (χ2v) is 6.71. The van der Waals surface area contributed by atoms with E-state index in [1.165, 1.54) is 36.2 Å². The van der Waals surface area contributed by atoms with Gasteiger partial charge in [0.05, 0.1) is 5.69 Å². The molecule has 0 unspecified atom stereocenters. The summed E-state index contributed by atoms with van der Waals surface area (Å²) in [6.45, 7) is 1.75. The summed E-state index contributed by atoms with van der Waals surface area (Å²) < 4.78 is 2.12. The molecule has 9 heteroatoms. The van der Waals surface area contributed by atoms with E-state index in [-0.39, 0.29) is 5.56 Å². The number of aryl methyl sites for hydroxylation is 1. The van der Waals surface area contributed by atoms with Gasteiger partial charge >= 0.3 is 5.69 Å². The van der Waals surface area contributed by atoms with Gasteiger partial charge in [0.1, 0.15) is 5.56 Å². The molecule has 1 amide bonds. The number of fused-ring (bicyclic) bond motifs is 1. The highest BCUT2D eigenvalue weighted by molar-refractivity contribution is 7.15. The minimum absolute atomic E-state index is 0.0834. The minimum atomic E-state index is -0.619. The van der Waals surface area contributed by atoms with Crippen molar-refractivity contribution in [2.75, 3.05) is 18.9 Å². The van der Waals surface area contributed by atoms with E-state index < -0.39 is 17.2 Å². The van der Waals surface area contributed by atoms with Crippen LogP contribution in [0.25, 0.3) is 0 Å². The number of rotatable bonds is 2. The van der Waals surface area contributed by atoms with E-state index in [1.54, 1.807) is 0 Å². The van der Waals surface area contributed by atoms with Crippen molar-refractivity contribution in [1.82, 2.24) is 19.0 Å². The summed E-state index contributed by atoms with van der Waals surface area (Å²) in [5.74, 6) is -0.555. The van der Waals surface area contributed by atoms with Crippen LogP contribution in [0.1, 0.15) is 20.9 Å². The van der Waals surface area contributed by atoms with Gasteiger partial charge in [-0.3, -0.25) is 19.5 Å². The Kier molecular flexibility index (Phi) is 3.90. The average molecular weight is 335 g/mol. The molecule has 1 N–H and O–H groups in total. The maximum atomic E-state index is 12.3. The molecule has 122 valence electrons. The molecule has 1 aliphatic rings. The Morgan fingerprint density at radius 3 is 2.78 bits per heavy atom. The summed E-state index contributed by atoms with van der Waals surface area (Å²) in [5, 5.41) is 3.14. The fraction of sp³-hybridized carbons (Fsp3) is 0.429. The van der Waals surface area contributed by atoms with Gasteiger partial charge in [0.25, 0.3) is 11.5 Å². The van der Waals surface area contributed by atoms with Gasteiger partial charge in [-0.05, 0) is 7.05 Å². The number of amides is 1. The quantitative estimate of drug-likeness (QED) is 0.820. The molecule has 3 rings (SSSR count). The van der Waals surface area contributed by atoms with Gasteiger partial charge in [0.15, 0.2) is 5.13 Å². The first-order chi connectivity index (χ1) is 10.9. The molecule has 23 heavy (non-hydrogen) atoms. The number of aromatic nitrogens is 3. The molecule has 0 radical (unpaired) electrons. The summed E-state index contributed by atoms with van der Waals surface area (Å²) in [7, 11) is 4.88. The van der Waals surface area contributed by atoms with Crippen LogP contribution in [0.2, 0.25) is 0 Å². The van der Waals surface area contributed by atoms with Gasteiger partial charge < -0.3 is 9.47 Å². The summed E-state index contributed by atoms with van der Waals surface area (Å²) in [6.07, 6.45) is 2.10. The van der Waals surface area contributed by atoms with Gasteiger partial charge in [-0.2, -0.15) is 0 Å². The number of hydrogen-bond donors (Lipinski definition) is 1. The molecule has 0 spiro atoms. The van der Waals surface area contributed by atoms with E-state index in [0.29, 0.717) is 5.13 Å². The Hall–Kier alpha value is -2.26. The number of nitrogens with one attached hydrogen (secondary N) is 1. The van der Waals surface area contributed by atoms with E-state index in [0.717, 1.165) is 34.6 Å². The third-order valence-electron chi connectivity index (χ3n) is 3.83. The summed E-state index contributed by atoms with van der Waals surface area (Å²) in [6, 6.07) is 0. The molecule has 3 heterocycles. The number of likely N-dealkylation sites (N-methyl/N-ethyl adjacent to an activating group) is 1. The Morgan fingerprint density at radius 1 is 1.30 bits per heavy atom. The SMILES string of the molecule is CN1CCc2nc(NC(=O)c3cn(C)c(=O)n(C)c3=O)sc2C1. The van der Waals surface area contributed by atoms with Crippen LogP contribution in [-0.2, 0) is 27.1 Å². The lowest BCUT2D eigenvalue weighted by Crippen LogP contribution is -2.40. The molecule has 0 atom stereocenters. The Balaban J connectivity index is 1.89. The zero-order chi connectivity index (χ0) is 16.7. The van der Waals surface area contributed by atoms with E-state index >= 15 is 0 Å². The first kappa shape index (κ1) is 15.6. The van der Waals surface area contributed by atoms with Crippen LogP contribution in [0.15, 0.2) is 15.8 Å². The maximum Gasteiger partial charge on any atom is 0.330 e. The number of carbonyl (C=O) groups is 1. The number of nitrogens with zero attached hydrogens (tertiary/aromatic N) is 4. The van der Waals surface area contributed by atoms with Crippen LogP contribution in [-0.4, -0.2) is 38.5 Å². The highest BCUT2D eigenvalue weighted by Gasteiger charge is 2.21. The van der Waals surface area contributed by atoms with Gasteiger partial charge in [0.2, 0.25) is 0 Å². The summed E-state index contributed by atoms with van der Waals surface area (Å²) in [5.41, 5.74) is -0.178. The van der Waals surface area contributed by atoms with Crippen molar-refractivity contribution in [3.63, 3.8) is 0 Å². The Bertz CT molecular complexity index is 895. The minimum Gasteiger partial charge on any atom is -0.303 e. The largest absolute Gasteiger partial charge is 0.330 e. The van der Waals surface area contributed by atoms with Gasteiger partial charge in [0, 0.05) is 44.7 Å². The molecule has 2 aromatic rings. The lowest BCUT2D eigenvalue weighted by atomic mass is 10.2. The molecule has 0 aliphatic carbocycles. The smallest absolute Gasteiger partial charge is 0.303 e. The maximum absolute atomic E-state index is 12.3. The first-order valence-electron chi connectivity index (χ1n) is 7.12. The van der Waals surface area contributed by atoms with Crippen molar-refractivity contribution in [3.8, 4) is 0 Å². The topological polar surface area (TPSA) is 89.2 Å². The monoisotopic (exact) mass is 335 g/mol. The highest BCUT2D eigenvalue weighted by atomic mass is 32.1. The molecular weight excluding hydrogens is 318 g/mol. The van der Waals surface area contributed by atoms with Crippen molar-refractivity contribution >= 4 is 22.4 Å². The molecule has 0 fully saturated rings. The summed E-state index contributed by atoms with van der Waals surface area (Å²) >= 11 is 1.42. The fourth-order valence-corrected chi connectivity index (χ4v) is 3.59. The second-order valence-electron chi connectivity index (χ2n) is 5.63. The molecule has 0 aromatic carbocycles. The lowest BCUT2D eigenvalue weighted by molar-refractivity contribution is 0.102. The molecular formula is C14H17N5O3S. The van der Waals surface area contributed by atoms with Gasteiger partial charge in [-0.15, -0.1) is 11.3 Å². The number of thiazole rings is 1. The van der Waals surface area contributed by atoms with Crippen molar-refractivity contribution in [2.24, 2.45) is 14.1 Å². The Morgan fingerprint density at radius 2 is 2.04 bits per heavy atom. The number of hydrogen-bond acceptors (Lipinski definition) is 6. The third-order valence-corrected chi connectivity index (χ3v) is 4.83. The lowest BCUT2D eigenvalue weighted by Gasteiger charge is -2.20. The normalized spacial score (nSPS) is 14.6. The van der Waals surface area contributed by atoms with E-state index in [1.807, 2.05) is 7.05 Å². The molecule has 8 nitrogen and oxygen atoms in total. The standard InChI is InChI=1S/C14H17N5O3S/c1-17-5-4-9-10(7-17)23-13(15-9)16-11(20)8-6-18(2)14(22)19(3)12(8)21/h6H,4-5,7H2,1-3H3,(H,15,16,20). The summed E-state index contributed by atoms with van der Waals surface area (Å²) in [4.78, 5) is 43.8. The van der Waals surface area contributed by atoms with Crippen LogP contribution < -0.4 is 16.6 Å². The van der Waals surface area contributed by atoms with Crippen molar-refractivity contribution < 1.29 is 4.79 Å². The van der Waals surface area contributed by atoms with E-state index in [4.69, 9.17) is 0 Å². The van der Waals surface area contributed by atoms with Gasteiger partial charge in [-0.25, -0.2) is 9.78 Å². The second kappa shape index (κ2) is 5.74. The fourth-order valence-electron chi connectivity index (χ4n) is 2.51. The number of carbonyl (C=O) groups excluding carboxylic acids is 1. The average Bonchev–Trinajstić information content (AvgIpc) is 2.89.